The zero-order valence-corrected chi connectivity index (χ0v) is 13.7. The Hall–Kier alpha value is -1.66. The highest BCUT2D eigenvalue weighted by atomic mass is 32.1. The lowest BCUT2D eigenvalue weighted by Crippen LogP contribution is -2.40. The summed E-state index contributed by atoms with van der Waals surface area (Å²) in [7, 11) is 1.95. The van der Waals surface area contributed by atoms with Gasteiger partial charge in [-0.05, 0) is 48.9 Å². The van der Waals surface area contributed by atoms with Crippen molar-refractivity contribution in [3.05, 3.63) is 40.3 Å². The van der Waals surface area contributed by atoms with Gasteiger partial charge >= 0.3 is 0 Å². The van der Waals surface area contributed by atoms with Crippen LogP contribution in [0.5, 0.6) is 0 Å². The molecule has 3 heterocycles. The number of carbonyl (C=O) groups excluding carboxylic acids is 1. The number of hydrogen-bond acceptors (Lipinski definition) is 4. The van der Waals surface area contributed by atoms with Crippen LogP contribution >= 0.6 is 11.3 Å². The molecule has 2 aromatic heterocycles. The Morgan fingerprint density at radius 1 is 1.45 bits per heavy atom. The van der Waals surface area contributed by atoms with E-state index in [1.165, 1.54) is 10.4 Å². The van der Waals surface area contributed by atoms with Gasteiger partial charge in [0.15, 0.2) is 0 Å². The Morgan fingerprint density at radius 3 is 2.91 bits per heavy atom. The second-order valence-electron chi connectivity index (χ2n) is 5.85. The number of nitrogens with one attached hydrogen (secondary N) is 1. The molecule has 0 spiro atoms. The van der Waals surface area contributed by atoms with E-state index in [1.807, 2.05) is 35.4 Å². The molecule has 1 N–H and O–H groups in total. The van der Waals surface area contributed by atoms with Crippen LogP contribution < -0.4 is 5.32 Å². The molecule has 1 fully saturated rings. The van der Waals surface area contributed by atoms with Crippen LogP contribution in [-0.4, -0.2) is 40.2 Å². The van der Waals surface area contributed by atoms with Crippen molar-refractivity contribution < 1.29 is 4.79 Å². The summed E-state index contributed by atoms with van der Waals surface area (Å²) >= 11 is 1.67. The molecule has 0 unspecified atom stereocenters. The second kappa shape index (κ2) is 7.07. The Labute approximate surface area is 134 Å². The maximum Gasteiger partial charge on any atom is 0.234 e. The predicted octanol–water partition coefficient (Wildman–Crippen LogP) is 1.98. The molecule has 0 aliphatic carbocycles. The highest BCUT2D eigenvalue weighted by molar-refractivity contribution is 7.09. The Bertz CT molecular complexity index is 599. The fourth-order valence-electron chi connectivity index (χ4n) is 2.93. The Morgan fingerprint density at radius 2 is 2.27 bits per heavy atom. The summed E-state index contributed by atoms with van der Waals surface area (Å²) in [4.78, 5) is 15.4. The van der Waals surface area contributed by atoms with Gasteiger partial charge in [0.2, 0.25) is 5.91 Å². The Kier molecular flexibility index (Phi) is 4.90. The average Bonchev–Trinajstić information content (AvgIpc) is 3.17. The number of rotatable bonds is 5. The number of nitrogens with zero attached hydrogens (tertiary/aromatic N) is 3. The van der Waals surface area contributed by atoms with E-state index < -0.39 is 0 Å². The van der Waals surface area contributed by atoms with Crippen LogP contribution in [0.25, 0.3) is 0 Å². The highest BCUT2D eigenvalue weighted by Gasteiger charge is 2.22. The zero-order chi connectivity index (χ0) is 15.4. The van der Waals surface area contributed by atoms with E-state index in [9.17, 15) is 4.79 Å². The maximum atomic E-state index is 12.0. The molecule has 1 aliphatic rings. The van der Waals surface area contributed by atoms with E-state index in [0.717, 1.165) is 25.9 Å². The van der Waals surface area contributed by atoms with Crippen molar-refractivity contribution in [3.8, 4) is 0 Å². The second-order valence-corrected chi connectivity index (χ2v) is 6.89. The van der Waals surface area contributed by atoms with Gasteiger partial charge < -0.3 is 5.32 Å². The molecule has 22 heavy (non-hydrogen) atoms. The standard InChI is InChI=1S/C16H22N4OS/c1-19-11-14(9-18-19)13-4-6-20(7-5-13)12-16(21)17-10-15-3-2-8-22-15/h2-3,8-9,11,13H,4-7,10,12H2,1H3,(H,17,21). The number of thiophene rings is 1. The molecule has 3 rings (SSSR count). The molecule has 2 aromatic rings. The van der Waals surface area contributed by atoms with Crippen LogP contribution in [-0.2, 0) is 18.4 Å². The summed E-state index contributed by atoms with van der Waals surface area (Å²) in [5.74, 6) is 0.701. The highest BCUT2D eigenvalue weighted by Crippen LogP contribution is 2.27. The van der Waals surface area contributed by atoms with Crippen molar-refractivity contribution in [2.45, 2.75) is 25.3 Å². The molecule has 1 saturated heterocycles. The number of piperidine rings is 1. The van der Waals surface area contributed by atoms with Gasteiger partial charge in [-0.2, -0.15) is 5.10 Å². The molecule has 6 heteroatoms. The number of likely N-dealkylation sites (tertiary alicyclic amines) is 1. The van der Waals surface area contributed by atoms with Gasteiger partial charge in [-0.3, -0.25) is 14.4 Å². The molecular weight excluding hydrogens is 296 g/mol. The van der Waals surface area contributed by atoms with Crippen molar-refractivity contribution in [1.29, 1.82) is 0 Å². The van der Waals surface area contributed by atoms with E-state index in [-0.39, 0.29) is 5.91 Å². The van der Waals surface area contributed by atoms with Gasteiger partial charge in [0.05, 0.1) is 19.3 Å². The largest absolute Gasteiger partial charge is 0.350 e. The normalized spacial score (nSPS) is 16.8. The molecule has 1 aliphatic heterocycles. The first-order valence-corrected chi connectivity index (χ1v) is 8.58. The maximum absolute atomic E-state index is 12.0. The number of amides is 1. The number of carbonyl (C=O) groups is 1. The smallest absolute Gasteiger partial charge is 0.234 e. The van der Waals surface area contributed by atoms with E-state index >= 15 is 0 Å². The van der Waals surface area contributed by atoms with E-state index in [1.54, 1.807) is 11.3 Å². The first-order chi connectivity index (χ1) is 10.7. The van der Waals surface area contributed by atoms with Crippen LogP contribution in [0.15, 0.2) is 29.9 Å². The molecule has 0 bridgehead atoms. The van der Waals surface area contributed by atoms with Crippen molar-refractivity contribution in [2.75, 3.05) is 19.6 Å². The minimum absolute atomic E-state index is 0.119. The summed E-state index contributed by atoms with van der Waals surface area (Å²) in [6, 6.07) is 4.06. The summed E-state index contributed by atoms with van der Waals surface area (Å²) in [5, 5.41) is 9.28. The summed E-state index contributed by atoms with van der Waals surface area (Å²) < 4.78 is 1.86. The van der Waals surface area contributed by atoms with Gasteiger partial charge in [-0.1, -0.05) is 6.07 Å². The lowest BCUT2D eigenvalue weighted by molar-refractivity contribution is -0.122. The van der Waals surface area contributed by atoms with Gasteiger partial charge in [0.25, 0.3) is 0 Å². The SMILES string of the molecule is Cn1cc(C2CCN(CC(=O)NCc3cccs3)CC2)cn1. The monoisotopic (exact) mass is 318 g/mol. The van der Waals surface area contributed by atoms with Crippen LogP contribution in [0.1, 0.15) is 29.2 Å². The van der Waals surface area contributed by atoms with Crippen LogP contribution in [0.3, 0.4) is 0 Å². The van der Waals surface area contributed by atoms with Gasteiger partial charge in [-0.15, -0.1) is 11.3 Å². The van der Waals surface area contributed by atoms with Crippen molar-refractivity contribution in [2.24, 2.45) is 7.05 Å². The van der Waals surface area contributed by atoms with Crippen molar-refractivity contribution in [1.82, 2.24) is 20.0 Å². The average molecular weight is 318 g/mol. The van der Waals surface area contributed by atoms with Gasteiger partial charge in [0, 0.05) is 18.1 Å². The quantitative estimate of drug-likeness (QED) is 0.917. The summed E-state index contributed by atoms with van der Waals surface area (Å²) in [6.07, 6.45) is 6.27. The van der Waals surface area contributed by atoms with E-state index in [2.05, 4.69) is 21.5 Å². The third-order valence-corrected chi connectivity index (χ3v) is 5.07. The van der Waals surface area contributed by atoms with Gasteiger partial charge in [-0.25, -0.2) is 0 Å². The van der Waals surface area contributed by atoms with E-state index in [0.29, 0.717) is 19.0 Å². The number of hydrogen-bond donors (Lipinski definition) is 1. The summed E-state index contributed by atoms with van der Waals surface area (Å²) in [6.45, 7) is 3.10. The third kappa shape index (κ3) is 3.96. The molecule has 5 nitrogen and oxygen atoms in total. The topological polar surface area (TPSA) is 50.2 Å². The molecule has 0 saturated carbocycles. The van der Waals surface area contributed by atoms with Gasteiger partial charge in [0.1, 0.15) is 0 Å². The molecule has 0 aromatic carbocycles. The fraction of sp³-hybridized carbons (Fsp3) is 0.500. The van der Waals surface area contributed by atoms with Crippen LogP contribution in [0.4, 0.5) is 0 Å². The molecule has 1 amide bonds. The lowest BCUT2D eigenvalue weighted by Gasteiger charge is -2.30. The minimum atomic E-state index is 0.119. The fourth-order valence-corrected chi connectivity index (χ4v) is 3.58. The molecular formula is C16H22N4OS. The molecule has 0 radical (unpaired) electrons. The van der Waals surface area contributed by atoms with Crippen molar-refractivity contribution >= 4 is 17.2 Å². The predicted molar refractivity (Wildman–Crippen MR) is 87.8 cm³/mol. The van der Waals surface area contributed by atoms with E-state index in [4.69, 9.17) is 0 Å². The molecule has 118 valence electrons. The Balaban J connectivity index is 1.40. The van der Waals surface area contributed by atoms with Crippen molar-refractivity contribution in [3.63, 3.8) is 0 Å². The lowest BCUT2D eigenvalue weighted by atomic mass is 9.91. The van der Waals surface area contributed by atoms with Crippen LogP contribution in [0, 0.1) is 0 Å². The molecule has 0 atom stereocenters. The third-order valence-electron chi connectivity index (χ3n) is 4.19. The zero-order valence-electron chi connectivity index (χ0n) is 12.9. The van der Waals surface area contributed by atoms with Crippen LogP contribution in [0.2, 0.25) is 0 Å². The number of aromatic nitrogens is 2. The first kappa shape index (κ1) is 15.2. The minimum Gasteiger partial charge on any atom is -0.350 e. The summed E-state index contributed by atoms with van der Waals surface area (Å²) in [5.41, 5.74) is 1.32. The number of aryl methyl sites for hydroxylation is 1. The first-order valence-electron chi connectivity index (χ1n) is 7.70.